The summed E-state index contributed by atoms with van der Waals surface area (Å²) in [5.74, 6) is 0.244. The van der Waals surface area contributed by atoms with Gasteiger partial charge in [-0.3, -0.25) is 9.36 Å². The second kappa shape index (κ2) is 5.53. The molecule has 1 saturated carbocycles. The van der Waals surface area contributed by atoms with E-state index in [9.17, 15) is 9.59 Å². The van der Waals surface area contributed by atoms with Gasteiger partial charge in [-0.25, -0.2) is 4.79 Å². The van der Waals surface area contributed by atoms with E-state index in [0.717, 1.165) is 6.42 Å². The topological polar surface area (TPSA) is 76.3 Å². The van der Waals surface area contributed by atoms with Gasteiger partial charge in [0, 0.05) is 18.8 Å². The zero-order chi connectivity index (χ0) is 16.0. The molecule has 0 bridgehead atoms. The average Bonchev–Trinajstić information content (AvgIpc) is 3.10. The number of carbonyl (C=O) groups excluding carboxylic acids is 1. The summed E-state index contributed by atoms with van der Waals surface area (Å²) < 4.78 is 6.54. The summed E-state index contributed by atoms with van der Waals surface area (Å²) in [5.41, 5.74) is 1.90. The van der Waals surface area contributed by atoms with Crippen LogP contribution in [-0.4, -0.2) is 22.6 Å². The second-order valence-corrected chi connectivity index (χ2v) is 6.70. The molecule has 1 aliphatic heterocycles. The lowest BCUT2D eigenvalue weighted by Gasteiger charge is -2.24. The lowest BCUT2D eigenvalue weighted by Crippen LogP contribution is -2.39. The van der Waals surface area contributed by atoms with Gasteiger partial charge in [-0.2, -0.15) is 0 Å². The van der Waals surface area contributed by atoms with E-state index >= 15 is 0 Å². The number of hydrogen-bond acceptors (Lipinski definition) is 4. The van der Waals surface area contributed by atoms with Crippen molar-refractivity contribution in [2.24, 2.45) is 13.0 Å². The van der Waals surface area contributed by atoms with E-state index < -0.39 is 5.76 Å². The van der Waals surface area contributed by atoms with Crippen LogP contribution >= 0.6 is 0 Å². The van der Waals surface area contributed by atoms with Crippen molar-refractivity contribution in [3.8, 4) is 0 Å². The molecule has 6 heteroatoms. The third-order valence-electron chi connectivity index (χ3n) is 5.24. The molecule has 1 aliphatic carbocycles. The van der Waals surface area contributed by atoms with Crippen molar-refractivity contribution in [2.75, 3.05) is 5.32 Å². The van der Waals surface area contributed by atoms with E-state index in [0.29, 0.717) is 28.7 Å². The first-order valence-corrected chi connectivity index (χ1v) is 8.28. The maximum atomic E-state index is 12.5. The second-order valence-electron chi connectivity index (χ2n) is 6.70. The van der Waals surface area contributed by atoms with E-state index in [4.69, 9.17) is 4.42 Å². The number of aryl methyl sites for hydroxylation is 1. The van der Waals surface area contributed by atoms with Gasteiger partial charge in [0.15, 0.2) is 5.58 Å². The zero-order valence-corrected chi connectivity index (χ0v) is 13.2. The Morgan fingerprint density at radius 1 is 1.35 bits per heavy atom. The maximum Gasteiger partial charge on any atom is 0.419 e. The molecule has 6 nitrogen and oxygen atoms in total. The Hall–Kier alpha value is -2.08. The minimum Gasteiger partial charge on any atom is -0.408 e. The van der Waals surface area contributed by atoms with Gasteiger partial charge in [0.2, 0.25) is 5.91 Å². The lowest BCUT2D eigenvalue weighted by atomic mass is 9.85. The Morgan fingerprint density at radius 2 is 2.17 bits per heavy atom. The number of nitrogens with one attached hydrogen (secondary N) is 2. The van der Waals surface area contributed by atoms with Crippen LogP contribution in [0, 0.1) is 5.92 Å². The highest BCUT2D eigenvalue weighted by Crippen LogP contribution is 2.33. The van der Waals surface area contributed by atoms with Crippen LogP contribution < -0.4 is 16.4 Å². The van der Waals surface area contributed by atoms with Crippen molar-refractivity contribution in [3.05, 3.63) is 28.7 Å². The van der Waals surface area contributed by atoms with Crippen molar-refractivity contribution in [1.82, 2.24) is 9.88 Å². The van der Waals surface area contributed by atoms with Crippen molar-refractivity contribution >= 4 is 22.7 Å². The number of oxazole rings is 1. The Kier molecular flexibility index (Phi) is 3.49. The molecule has 1 saturated heterocycles. The molecule has 1 aromatic heterocycles. The number of anilines is 1. The first-order chi connectivity index (χ1) is 11.1. The summed E-state index contributed by atoms with van der Waals surface area (Å²) in [5, 5.41) is 6.44. The number of carbonyl (C=O) groups is 1. The Labute approximate surface area is 133 Å². The molecule has 4 rings (SSSR count). The van der Waals surface area contributed by atoms with E-state index in [1.807, 2.05) is 0 Å². The van der Waals surface area contributed by atoms with Crippen molar-refractivity contribution in [3.63, 3.8) is 0 Å². The number of fused-ring (bicyclic) bond motifs is 2. The predicted molar refractivity (Wildman–Crippen MR) is 87.4 cm³/mol. The summed E-state index contributed by atoms with van der Waals surface area (Å²) in [6.07, 6.45) is 5.86. The Bertz CT molecular complexity index is 793. The summed E-state index contributed by atoms with van der Waals surface area (Å²) >= 11 is 0. The molecule has 2 aromatic rings. The third-order valence-corrected chi connectivity index (χ3v) is 5.24. The summed E-state index contributed by atoms with van der Waals surface area (Å²) in [7, 11) is 1.66. The number of rotatable bonds is 2. The SMILES string of the molecule is Cn1c(=O)oc2ccc(NC(=O)C3CC4CCCCC4N3)cc21. The molecule has 3 atom stereocenters. The van der Waals surface area contributed by atoms with Crippen LogP contribution in [-0.2, 0) is 11.8 Å². The monoisotopic (exact) mass is 315 g/mol. The van der Waals surface area contributed by atoms with Gasteiger partial charge in [-0.15, -0.1) is 0 Å². The molecule has 0 spiro atoms. The highest BCUT2D eigenvalue weighted by Gasteiger charge is 2.38. The highest BCUT2D eigenvalue weighted by atomic mass is 16.4. The van der Waals surface area contributed by atoms with Gasteiger partial charge in [-0.1, -0.05) is 12.8 Å². The molecule has 2 aliphatic rings. The highest BCUT2D eigenvalue weighted by molar-refractivity contribution is 5.96. The standard InChI is InChI=1S/C17H21N3O3/c1-20-14-9-11(6-7-15(14)23-17(20)22)18-16(21)13-8-10-4-2-3-5-12(10)19-13/h6-7,9-10,12-13,19H,2-5,8H2,1H3,(H,18,21). The zero-order valence-electron chi connectivity index (χ0n) is 13.2. The van der Waals surface area contributed by atoms with Gasteiger partial charge in [0.1, 0.15) is 0 Å². The van der Waals surface area contributed by atoms with Crippen LogP contribution in [0.2, 0.25) is 0 Å². The van der Waals surface area contributed by atoms with E-state index in [-0.39, 0.29) is 11.9 Å². The molecule has 2 N–H and O–H groups in total. The minimum atomic E-state index is -0.398. The molecule has 122 valence electrons. The van der Waals surface area contributed by atoms with E-state index in [1.165, 1.54) is 30.3 Å². The molecule has 23 heavy (non-hydrogen) atoms. The Morgan fingerprint density at radius 3 is 3.00 bits per heavy atom. The third kappa shape index (κ3) is 2.57. The molecule has 0 radical (unpaired) electrons. The fourth-order valence-electron chi connectivity index (χ4n) is 3.95. The predicted octanol–water partition coefficient (Wildman–Crippen LogP) is 1.99. The fourth-order valence-corrected chi connectivity index (χ4v) is 3.95. The summed E-state index contributed by atoms with van der Waals surface area (Å²) in [6.45, 7) is 0. The minimum absolute atomic E-state index is 0.00671. The van der Waals surface area contributed by atoms with Crippen molar-refractivity contribution < 1.29 is 9.21 Å². The molecule has 2 fully saturated rings. The van der Waals surface area contributed by atoms with E-state index in [2.05, 4.69) is 10.6 Å². The van der Waals surface area contributed by atoms with Crippen LogP contribution in [0.1, 0.15) is 32.1 Å². The maximum absolute atomic E-state index is 12.5. The van der Waals surface area contributed by atoms with Gasteiger partial charge < -0.3 is 15.1 Å². The number of hydrogen-bond donors (Lipinski definition) is 2. The molecular weight excluding hydrogens is 294 g/mol. The molecule has 1 amide bonds. The molecule has 3 unspecified atom stereocenters. The first-order valence-electron chi connectivity index (χ1n) is 8.28. The van der Waals surface area contributed by atoms with Gasteiger partial charge >= 0.3 is 5.76 Å². The van der Waals surface area contributed by atoms with Crippen LogP contribution in [0.4, 0.5) is 5.69 Å². The van der Waals surface area contributed by atoms with Crippen LogP contribution in [0.15, 0.2) is 27.4 Å². The lowest BCUT2D eigenvalue weighted by molar-refractivity contribution is -0.117. The Balaban J connectivity index is 1.50. The largest absolute Gasteiger partial charge is 0.419 e. The van der Waals surface area contributed by atoms with Gasteiger partial charge in [-0.05, 0) is 43.4 Å². The van der Waals surface area contributed by atoms with Crippen molar-refractivity contribution in [1.29, 1.82) is 0 Å². The average molecular weight is 315 g/mol. The fraction of sp³-hybridized carbons (Fsp3) is 0.529. The smallest absolute Gasteiger partial charge is 0.408 e. The van der Waals surface area contributed by atoms with Gasteiger partial charge in [0.25, 0.3) is 0 Å². The number of nitrogens with zero attached hydrogens (tertiary/aromatic N) is 1. The molecule has 1 aromatic carbocycles. The molecular formula is C17H21N3O3. The normalized spacial score (nSPS) is 27.1. The number of benzene rings is 1. The molecule has 2 heterocycles. The summed E-state index contributed by atoms with van der Waals surface area (Å²) in [6, 6.07) is 5.64. The van der Waals surface area contributed by atoms with Gasteiger partial charge in [0.05, 0.1) is 11.6 Å². The summed E-state index contributed by atoms with van der Waals surface area (Å²) in [4.78, 5) is 24.0. The number of amides is 1. The first kappa shape index (κ1) is 14.5. The van der Waals surface area contributed by atoms with E-state index in [1.54, 1.807) is 25.2 Å². The number of aromatic nitrogens is 1. The van der Waals surface area contributed by atoms with Crippen LogP contribution in [0.3, 0.4) is 0 Å². The van der Waals surface area contributed by atoms with Crippen molar-refractivity contribution in [2.45, 2.75) is 44.2 Å². The van der Waals surface area contributed by atoms with Crippen LogP contribution in [0.5, 0.6) is 0 Å². The quantitative estimate of drug-likeness (QED) is 0.888. The van der Waals surface area contributed by atoms with Crippen LogP contribution in [0.25, 0.3) is 11.1 Å².